The lowest BCUT2D eigenvalue weighted by Crippen LogP contribution is -2.49. The Balaban J connectivity index is 1.61. The van der Waals surface area contributed by atoms with Crippen LogP contribution in [0.1, 0.15) is 24.1 Å². The third-order valence-electron chi connectivity index (χ3n) is 4.42. The van der Waals surface area contributed by atoms with E-state index < -0.39 is 0 Å². The van der Waals surface area contributed by atoms with Crippen LogP contribution in [0.4, 0.5) is 5.82 Å². The zero-order valence-corrected chi connectivity index (χ0v) is 14.6. The lowest BCUT2D eigenvalue weighted by molar-refractivity contribution is -0.121. The number of hydrogen-bond donors (Lipinski definition) is 1. The Bertz CT molecular complexity index is 800. The summed E-state index contributed by atoms with van der Waals surface area (Å²) >= 11 is 0. The summed E-state index contributed by atoms with van der Waals surface area (Å²) in [5, 5.41) is 3.07. The van der Waals surface area contributed by atoms with E-state index in [4.69, 9.17) is 0 Å². The molecule has 2 aromatic heterocycles. The first-order valence-corrected chi connectivity index (χ1v) is 8.50. The maximum atomic E-state index is 12.3. The number of rotatable bonds is 4. The van der Waals surface area contributed by atoms with Crippen LogP contribution in [-0.2, 0) is 18.3 Å². The fraction of sp³-hybridized carbons (Fsp3) is 0.444. The summed E-state index contributed by atoms with van der Waals surface area (Å²) < 4.78 is 1.52. The van der Waals surface area contributed by atoms with Gasteiger partial charge in [-0.3, -0.25) is 14.6 Å². The van der Waals surface area contributed by atoms with Gasteiger partial charge in [0.2, 0.25) is 5.91 Å². The van der Waals surface area contributed by atoms with Crippen LogP contribution in [0, 0.1) is 6.92 Å². The lowest BCUT2D eigenvalue weighted by Gasteiger charge is -2.33. The van der Waals surface area contributed by atoms with Gasteiger partial charge in [-0.25, -0.2) is 4.98 Å². The Morgan fingerprint density at radius 2 is 2.20 bits per heavy atom. The standard InChI is InChI=1S/C18H23N5O2/c1-13-5-6-14(11-20-13)10-16(24)21-15-4-3-8-23(12-15)17-18(25)22(2)9-7-19-17/h5-7,9,11,15H,3-4,8,10,12H2,1-2H3,(H,21,24)/t15-/m1/s1. The number of nitrogens with zero attached hydrogens (tertiary/aromatic N) is 4. The number of carbonyl (C=O) groups is 1. The maximum absolute atomic E-state index is 12.3. The second-order valence-corrected chi connectivity index (χ2v) is 6.50. The fourth-order valence-corrected chi connectivity index (χ4v) is 3.06. The van der Waals surface area contributed by atoms with Crippen molar-refractivity contribution in [3.8, 4) is 0 Å². The summed E-state index contributed by atoms with van der Waals surface area (Å²) in [5.41, 5.74) is 1.72. The van der Waals surface area contributed by atoms with Crippen molar-refractivity contribution >= 4 is 11.7 Å². The highest BCUT2D eigenvalue weighted by atomic mass is 16.1. The average Bonchev–Trinajstić information content (AvgIpc) is 2.59. The van der Waals surface area contributed by atoms with Crippen LogP contribution in [0.15, 0.2) is 35.5 Å². The van der Waals surface area contributed by atoms with E-state index in [0.29, 0.717) is 18.8 Å². The van der Waals surface area contributed by atoms with E-state index in [1.54, 1.807) is 25.6 Å². The summed E-state index contributed by atoms with van der Waals surface area (Å²) in [6.07, 6.45) is 7.14. The Hall–Kier alpha value is -2.70. The third kappa shape index (κ3) is 4.23. The highest BCUT2D eigenvalue weighted by molar-refractivity contribution is 5.78. The van der Waals surface area contributed by atoms with E-state index in [2.05, 4.69) is 15.3 Å². The number of pyridine rings is 1. The van der Waals surface area contributed by atoms with Crippen LogP contribution in [0.2, 0.25) is 0 Å². The molecule has 2 aromatic rings. The molecule has 0 saturated carbocycles. The predicted octanol–water partition coefficient (Wildman–Crippen LogP) is 0.811. The van der Waals surface area contributed by atoms with Gasteiger partial charge in [0.15, 0.2) is 5.82 Å². The fourth-order valence-electron chi connectivity index (χ4n) is 3.06. The molecule has 1 aliphatic heterocycles. The van der Waals surface area contributed by atoms with Gasteiger partial charge in [-0.15, -0.1) is 0 Å². The molecule has 1 N–H and O–H groups in total. The van der Waals surface area contributed by atoms with Crippen molar-refractivity contribution < 1.29 is 4.79 Å². The minimum atomic E-state index is -0.111. The zero-order chi connectivity index (χ0) is 17.8. The largest absolute Gasteiger partial charge is 0.351 e. The van der Waals surface area contributed by atoms with E-state index in [1.165, 1.54) is 4.57 Å². The molecule has 0 aromatic carbocycles. The van der Waals surface area contributed by atoms with Gasteiger partial charge in [0.25, 0.3) is 5.56 Å². The van der Waals surface area contributed by atoms with Crippen molar-refractivity contribution in [1.82, 2.24) is 19.9 Å². The van der Waals surface area contributed by atoms with E-state index in [1.807, 2.05) is 24.0 Å². The van der Waals surface area contributed by atoms with Gasteiger partial charge in [0.1, 0.15) is 0 Å². The molecule has 132 valence electrons. The number of nitrogens with one attached hydrogen (secondary N) is 1. The Kier molecular flexibility index (Phi) is 5.11. The molecule has 7 heteroatoms. The number of amides is 1. The van der Waals surface area contributed by atoms with Crippen LogP contribution in [0.25, 0.3) is 0 Å². The molecule has 0 aliphatic carbocycles. The van der Waals surface area contributed by atoms with Crippen molar-refractivity contribution in [2.24, 2.45) is 7.05 Å². The predicted molar refractivity (Wildman–Crippen MR) is 95.5 cm³/mol. The van der Waals surface area contributed by atoms with Crippen LogP contribution >= 0.6 is 0 Å². The molecule has 1 saturated heterocycles. The zero-order valence-electron chi connectivity index (χ0n) is 14.6. The topological polar surface area (TPSA) is 80.1 Å². The minimum absolute atomic E-state index is 0.0198. The minimum Gasteiger partial charge on any atom is -0.351 e. The van der Waals surface area contributed by atoms with Crippen molar-refractivity contribution in [1.29, 1.82) is 0 Å². The first kappa shape index (κ1) is 17.1. The number of aromatic nitrogens is 3. The molecule has 3 heterocycles. The molecule has 0 radical (unpaired) electrons. The summed E-state index contributed by atoms with van der Waals surface area (Å²) in [6, 6.07) is 3.85. The van der Waals surface area contributed by atoms with Crippen LogP contribution < -0.4 is 15.8 Å². The van der Waals surface area contributed by atoms with Gasteiger partial charge in [-0.05, 0) is 31.4 Å². The molecule has 1 aliphatic rings. The van der Waals surface area contributed by atoms with Crippen molar-refractivity contribution in [3.63, 3.8) is 0 Å². The first-order chi connectivity index (χ1) is 12.0. The summed E-state index contributed by atoms with van der Waals surface area (Å²) in [4.78, 5) is 34.9. The maximum Gasteiger partial charge on any atom is 0.293 e. The Labute approximate surface area is 146 Å². The van der Waals surface area contributed by atoms with Gasteiger partial charge < -0.3 is 14.8 Å². The molecule has 3 rings (SSSR count). The molecule has 0 unspecified atom stereocenters. The molecular formula is C18H23N5O2. The second-order valence-electron chi connectivity index (χ2n) is 6.50. The first-order valence-electron chi connectivity index (χ1n) is 8.50. The van der Waals surface area contributed by atoms with Gasteiger partial charge in [0, 0.05) is 50.5 Å². The monoisotopic (exact) mass is 341 g/mol. The molecule has 0 spiro atoms. The number of anilines is 1. The van der Waals surface area contributed by atoms with Gasteiger partial charge in [-0.2, -0.15) is 0 Å². The van der Waals surface area contributed by atoms with E-state index >= 15 is 0 Å². The third-order valence-corrected chi connectivity index (χ3v) is 4.42. The van der Waals surface area contributed by atoms with Gasteiger partial charge in [-0.1, -0.05) is 6.07 Å². The Morgan fingerprint density at radius 1 is 1.36 bits per heavy atom. The molecule has 7 nitrogen and oxygen atoms in total. The quantitative estimate of drug-likeness (QED) is 0.890. The summed E-state index contributed by atoms with van der Waals surface area (Å²) in [7, 11) is 1.71. The Morgan fingerprint density at radius 3 is 2.96 bits per heavy atom. The van der Waals surface area contributed by atoms with Crippen LogP contribution in [0.5, 0.6) is 0 Å². The van der Waals surface area contributed by atoms with Crippen LogP contribution in [0.3, 0.4) is 0 Å². The number of hydrogen-bond acceptors (Lipinski definition) is 5. The normalized spacial score (nSPS) is 17.4. The molecule has 1 amide bonds. The lowest BCUT2D eigenvalue weighted by atomic mass is 10.1. The molecule has 25 heavy (non-hydrogen) atoms. The smallest absolute Gasteiger partial charge is 0.293 e. The summed E-state index contributed by atoms with van der Waals surface area (Å²) in [5.74, 6) is 0.429. The highest BCUT2D eigenvalue weighted by Gasteiger charge is 2.24. The van der Waals surface area contributed by atoms with Gasteiger partial charge in [0.05, 0.1) is 6.42 Å². The molecule has 1 atom stereocenters. The van der Waals surface area contributed by atoms with Crippen LogP contribution in [-0.4, -0.2) is 39.6 Å². The van der Waals surface area contributed by atoms with Gasteiger partial charge >= 0.3 is 0 Å². The van der Waals surface area contributed by atoms with E-state index in [0.717, 1.165) is 30.6 Å². The van der Waals surface area contributed by atoms with Crippen molar-refractivity contribution in [3.05, 3.63) is 52.3 Å². The number of carbonyl (C=O) groups excluding carboxylic acids is 1. The molecule has 1 fully saturated rings. The number of aryl methyl sites for hydroxylation is 2. The molecular weight excluding hydrogens is 318 g/mol. The summed E-state index contributed by atoms with van der Waals surface area (Å²) in [6.45, 7) is 3.30. The number of piperidine rings is 1. The average molecular weight is 341 g/mol. The SMILES string of the molecule is Cc1ccc(CC(=O)N[C@@H]2CCCN(c3nccn(C)c3=O)C2)cn1. The van der Waals surface area contributed by atoms with E-state index in [9.17, 15) is 9.59 Å². The second kappa shape index (κ2) is 7.46. The van der Waals surface area contributed by atoms with Crippen molar-refractivity contribution in [2.45, 2.75) is 32.2 Å². The highest BCUT2D eigenvalue weighted by Crippen LogP contribution is 2.14. The van der Waals surface area contributed by atoms with Crippen molar-refractivity contribution in [2.75, 3.05) is 18.0 Å². The molecule has 0 bridgehead atoms. The van der Waals surface area contributed by atoms with E-state index in [-0.39, 0.29) is 17.5 Å².